The van der Waals surface area contributed by atoms with E-state index >= 15 is 0 Å². The summed E-state index contributed by atoms with van der Waals surface area (Å²) in [6, 6.07) is 0. The molecule has 0 aromatic heterocycles. The van der Waals surface area contributed by atoms with E-state index < -0.39 is 11.0 Å². The molecule has 4 heteroatoms. The summed E-state index contributed by atoms with van der Waals surface area (Å²) in [6.45, 7) is 5.32. The van der Waals surface area contributed by atoms with E-state index in [2.05, 4.69) is 6.58 Å². The van der Waals surface area contributed by atoms with Gasteiger partial charge in [0.1, 0.15) is 5.60 Å². The minimum atomic E-state index is -0.464. The van der Waals surface area contributed by atoms with Gasteiger partial charge in [-0.1, -0.05) is 6.58 Å². The highest BCUT2D eigenvalue weighted by Gasteiger charge is 2.62. The van der Waals surface area contributed by atoms with E-state index in [1.54, 1.807) is 6.92 Å². The highest BCUT2D eigenvalue weighted by molar-refractivity contribution is 5.87. The lowest BCUT2D eigenvalue weighted by Gasteiger charge is -2.59. The Morgan fingerprint density at radius 2 is 1.75 bits per heavy atom. The van der Waals surface area contributed by atoms with Crippen LogP contribution in [0.25, 0.3) is 0 Å². The molecule has 0 spiro atoms. The molecule has 2 atom stereocenters. The third kappa shape index (κ3) is 1.97. The molecule has 0 heterocycles. The zero-order valence-electron chi connectivity index (χ0n) is 12.2. The fourth-order valence-electron chi connectivity index (χ4n) is 5.04. The van der Waals surface area contributed by atoms with Crippen molar-refractivity contribution in [2.24, 2.45) is 17.3 Å². The summed E-state index contributed by atoms with van der Waals surface area (Å²) in [5.74, 6) is 0.510. The number of hydrogen-bond donors (Lipinski definition) is 0. The summed E-state index contributed by atoms with van der Waals surface area (Å²) in [6.07, 6.45) is 5.34. The van der Waals surface area contributed by atoms with Crippen LogP contribution in [-0.2, 0) is 19.1 Å². The Kier molecular flexibility index (Phi) is 2.96. The summed E-state index contributed by atoms with van der Waals surface area (Å²) < 4.78 is 10.8. The molecule has 4 aliphatic carbocycles. The average molecular weight is 278 g/mol. The Hall–Kier alpha value is -1.32. The molecule has 4 nitrogen and oxygen atoms in total. The maximum absolute atomic E-state index is 12.2. The average Bonchev–Trinajstić information content (AvgIpc) is 2.35. The predicted molar refractivity (Wildman–Crippen MR) is 72.8 cm³/mol. The molecule has 110 valence electrons. The molecular formula is C16H22O4. The quantitative estimate of drug-likeness (QED) is 0.588. The van der Waals surface area contributed by atoms with Crippen LogP contribution in [-0.4, -0.2) is 24.6 Å². The molecule has 0 radical (unpaired) electrons. The van der Waals surface area contributed by atoms with Crippen LogP contribution < -0.4 is 0 Å². The number of ether oxygens (including phenoxy) is 2. The summed E-state index contributed by atoms with van der Waals surface area (Å²) in [7, 11) is 1.45. The van der Waals surface area contributed by atoms with E-state index in [1.807, 2.05) is 0 Å². The van der Waals surface area contributed by atoms with Crippen LogP contribution in [0.5, 0.6) is 0 Å². The highest BCUT2D eigenvalue weighted by Crippen LogP contribution is 2.63. The second kappa shape index (κ2) is 4.34. The normalized spacial score (nSPS) is 41.3. The minimum Gasteiger partial charge on any atom is -0.469 e. The Balaban J connectivity index is 1.89. The highest BCUT2D eigenvalue weighted by atomic mass is 16.6. The van der Waals surface area contributed by atoms with Gasteiger partial charge in [-0.2, -0.15) is 0 Å². The van der Waals surface area contributed by atoms with Crippen LogP contribution in [0.3, 0.4) is 0 Å². The molecule has 0 saturated heterocycles. The number of hydrogen-bond acceptors (Lipinski definition) is 4. The SMILES string of the molecule is C=C(C)C(=O)OC12CC3CC(C1)CC(C(=O)OC)(C3)C2. The topological polar surface area (TPSA) is 52.6 Å². The maximum Gasteiger partial charge on any atom is 0.333 e. The number of carbonyl (C=O) groups excluding carboxylic acids is 2. The molecule has 0 aromatic rings. The molecule has 4 bridgehead atoms. The van der Waals surface area contributed by atoms with Crippen molar-refractivity contribution in [3.63, 3.8) is 0 Å². The number of rotatable bonds is 3. The van der Waals surface area contributed by atoms with Crippen LogP contribution in [0.1, 0.15) is 45.4 Å². The Bertz CT molecular complexity index is 465. The minimum absolute atomic E-state index is 0.123. The van der Waals surface area contributed by atoms with Crippen molar-refractivity contribution in [3.8, 4) is 0 Å². The second-order valence-corrected chi connectivity index (χ2v) is 7.09. The van der Waals surface area contributed by atoms with Crippen molar-refractivity contribution in [2.45, 2.75) is 51.0 Å². The van der Waals surface area contributed by atoms with Crippen molar-refractivity contribution < 1.29 is 19.1 Å². The molecular weight excluding hydrogens is 256 g/mol. The van der Waals surface area contributed by atoms with Gasteiger partial charge in [-0.15, -0.1) is 0 Å². The smallest absolute Gasteiger partial charge is 0.333 e. The van der Waals surface area contributed by atoms with E-state index in [4.69, 9.17) is 9.47 Å². The fraction of sp³-hybridized carbons (Fsp3) is 0.750. The van der Waals surface area contributed by atoms with Gasteiger partial charge in [0.15, 0.2) is 0 Å². The Morgan fingerprint density at radius 1 is 1.15 bits per heavy atom. The summed E-state index contributed by atoms with van der Waals surface area (Å²) in [5.41, 5.74) is -0.462. The summed E-state index contributed by atoms with van der Waals surface area (Å²) in [4.78, 5) is 24.2. The van der Waals surface area contributed by atoms with Crippen molar-refractivity contribution in [3.05, 3.63) is 12.2 Å². The lowest BCUT2D eigenvalue weighted by Crippen LogP contribution is -2.60. The van der Waals surface area contributed by atoms with Crippen molar-refractivity contribution in [1.82, 2.24) is 0 Å². The number of esters is 2. The van der Waals surface area contributed by atoms with Gasteiger partial charge in [-0.05, 0) is 50.9 Å². The third-order valence-corrected chi connectivity index (χ3v) is 5.28. The van der Waals surface area contributed by atoms with Gasteiger partial charge in [-0.25, -0.2) is 4.79 Å². The van der Waals surface area contributed by atoms with Crippen molar-refractivity contribution in [2.75, 3.05) is 7.11 Å². The number of methoxy groups -OCH3 is 1. The van der Waals surface area contributed by atoms with Gasteiger partial charge in [0.05, 0.1) is 12.5 Å². The Labute approximate surface area is 119 Å². The van der Waals surface area contributed by atoms with Gasteiger partial charge < -0.3 is 9.47 Å². The molecule has 2 unspecified atom stereocenters. The molecule has 20 heavy (non-hydrogen) atoms. The molecule has 0 aromatic carbocycles. The standard InChI is InChI=1S/C16H22O4/c1-10(2)13(17)20-16-7-11-4-12(8-16)6-15(5-11,9-16)14(18)19-3/h11-12H,1,4-9H2,2-3H3. The molecule has 4 aliphatic rings. The first-order valence-electron chi connectivity index (χ1n) is 7.35. The molecule has 4 saturated carbocycles. The lowest BCUT2D eigenvalue weighted by atomic mass is 9.48. The van der Waals surface area contributed by atoms with Gasteiger partial charge in [0.2, 0.25) is 0 Å². The molecule has 0 aliphatic heterocycles. The zero-order chi connectivity index (χ0) is 14.5. The monoisotopic (exact) mass is 278 g/mol. The van der Waals surface area contributed by atoms with Gasteiger partial charge in [0, 0.05) is 12.0 Å². The van der Waals surface area contributed by atoms with E-state index in [0.717, 1.165) is 32.1 Å². The third-order valence-electron chi connectivity index (χ3n) is 5.28. The number of carbonyl (C=O) groups is 2. The first kappa shape index (κ1) is 13.7. The summed E-state index contributed by atoms with van der Waals surface area (Å²) in [5, 5.41) is 0. The predicted octanol–water partition coefficient (Wildman–Crippen LogP) is 2.62. The van der Waals surface area contributed by atoms with Crippen LogP contribution in [0.4, 0.5) is 0 Å². The van der Waals surface area contributed by atoms with Gasteiger partial charge in [0.25, 0.3) is 0 Å². The first-order valence-corrected chi connectivity index (χ1v) is 7.35. The molecule has 0 amide bonds. The van der Waals surface area contributed by atoms with E-state index in [1.165, 1.54) is 7.11 Å². The van der Waals surface area contributed by atoms with Crippen molar-refractivity contribution >= 4 is 11.9 Å². The van der Waals surface area contributed by atoms with Crippen LogP contribution in [0.2, 0.25) is 0 Å². The van der Waals surface area contributed by atoms with Crippen molar-refractivity contribution in [1.29, 1.82) is 0 Å². The van der Waals surface area contributed by atoms with E-state index in [0.29, 0.717) is 23.8 Å². The Morgan fingerprint density at radius 3 is 2.25 bits per heavy atom. The second-order valence-electron chi connectivity index (χ2n) is 7.09. The maximum atomic E-state index is 12.2. The van der Waals surface area contributed by atoms with Crippen LogP contribution in [0, 0.1) is 17.3 Å². The largest absolute Gasteiger partial charge is 0.469 e. The van der Waals surface area contributed by atoms with Gasteiger partial charge in [-0.3, -0.25) is 4.79 Å². The van der Waals surface area contributed by atoms with Gasteiger partial charge >= 0.3 is 11.9 Å². The van der Waals surface area contributed by atoms with E-state index in [9.17, 15) is 9.59 Å². The zero-order valence-corrected chi connectivity index (χ0v) is 12.2. The first-order chi connectivity index (χ1) is 9.38. The lowest BCUT2D eigenvalue weighted by molar-refractivity contribution is -0.209. The molecule has 0 N–H and O–H groups in total. The molecule has 4 rings (SSSR count). The van der Waals surface area contributed by atoms with E-state index in [-0.39, 0.29) is 11.9 Å². The van der Waals surface area contributed by atoms with Crippen LogP contribution in [0.15, 0.2) is 12.2 Å². The summed E-state index contributed by atoms with van der Waals surface area (Å²) >= 11 is 0. The van der Waals surface area contributed by atoms with Crippen LogP contribution >= 0.6 is 0 Å². The molecule has 4 fully saturated rings. The fourth-order valence-corrected chi connectivity index (χ4v) is 5.04.